The summed E-state index contributed by atoms with van der Waals surface area (Å²) in [4.78, 5) is 24.0. The van der Waals surface area contributed by atoms with E-state index in [1.54, 1.807) is 61.5 Å². The lowest BCUT2D eigenvalue weighted by atomic mass is 10.1. The third kappa shape index (κ3) is 6.91. The molecule has 0 atom stereocenters. The van der Waals surface area contributed by atoms with E-state index in [-0.39, 0.29) is 16.5 Å². The number of nitrogens with zero attached hydrogens (tertiary/aromatic N) is 2. The second-order valence-electron chi connectivity index (χ2n) is 7.80. The smallest absolute Gasteiger partial charge is 0.264 e. The van der Waals surface area contributed by atoms with E-state index in [0.29, 0.717) is 16.4 Å². The Morgan fingerprint density at radius 3 is 2.23 bits per heavy atom. The summed E-state index contributed by atoms with van der Waals surface area (Å²) < 4.78 is 27.8. The van der Waals surface area contributed by atoms with Crippen LogP contribution in [0.4, 0.5) is 11.4 Å². The van der Waals surface area contributed by atoms with Crippen molar-refractivity contribution in [2.45, 2.75) is 25.7 Å². The molecule has 2 N–H and O–H groups in total. The molecule has 35 heavy (non-hydrogen) atoms. The Hall–Kier alpha value is -3.69. The number of benzene rings is 3. The van der Waals surface area contributed by atoms with Crippen molar-refractivity contribution in [1.29, 1.82) is 0 Å². The number of halogens is 1. The first kappa shape index (κ1) is 25.9. The summed E-state index contributed by atoms with van der Waals surface area (Å²) in [5.74, 6) is -0.810. The first-order valence-electron chi connectivity index (χ1n) is 10.6. The van der Waals surface area contributed by atoms with Gasteiger partial charge in [-0.25, -0.2) is 13.8 Å². The molecule has 3 aromatic rings. The topological polar surface area (TPSA) is 108 Å². The van der Waals surface area contributed by atoms with E-state index < -0.39 is 22.5 Å². The van der Waals surface area contributed by atoms with Gasteiger partial charge in [-0.15, -0.1) is 0 Å². The van der Waals surface area contributed by atoms with Crippen molar-refractivity contribution in [3.8, 4) is 0 Å². The van der Waals surface area contributed by atoms with Crippen LogP contribution >= 0.6 is 11.6 Å². The molecule has 0 radical (unpaired) electrons. The summed E-state index contributed by atoms with van der Waals surface area (Å²) in [5.41, 5.74) is 5.44. The third-order valence-electron chi connectivity index (χ3n) is 4.96. The van der Waals surface area contributed by atoms with Crippen LogP contribution in [0.5, 0.6) is 0 Å². The van der Waals surface area contributed by atoms with Crippen molar-refractivity contribution in [2.75, 3.05) is 16.2 Å². The fraction of sp³-hybridized carbons (Fsp3) is 0.160. The van der Waals surface area contributed by atoms with Crippen LogP contribution in [0.3, 0.4) is 0 Å². The molecular formula is C25H25ClN4O4S. The van der Waals surface area contributed by atoms with Crippen LogP contribution < -0.4 is 15.0 Å². The zero-order valence-electron chi connectivity index (χ0n) is 19.4. The fourth-order valence-corrected chi connectivity index (χ4v) is 4.76. The Kier molecular flexibility index (Phi) is 8.26. The monoisotopic (exact) mass is 512 g/mol. The Morgan fingerprint density at radius 1 is 0.971 bits per heavy atom. The lowest BCUT2D eigenvalue weighted by molar-refractivity contribution is -0.119. The molecule has 10 heteroatoms. The van der Waals surface area contributed by atoms with Crippen LogP contribution in [0, 0.1) is 6.92 Å². The minimum absolute atomic E-state index is 0.0508. The van der Waals surface area contributed by atoms with Crippen LogP contribution in [0.25, 0.3) is 0 Å². The molecule has 3 rings (SSSR count). The number of hydrazone groups is 1. The Balaban J connectivity index is 1.81. The average molecular weight is 513 g/mol. The molecule has 182 valence electrons. The average Bonchev–Trinajstić information content (AvgIpc) is 2.81. The highest BCUT2D eigenvalue weighted by molar-refractivity contribution is 7.92. The number of aryl methyl sites for hydroxylation is 1. The van der Waals surface area contributed by atoms with Crippen LogP contribution in [-0.2, 0) is 19.6 Å². The molecule has 0 fully saturated rings. The summed E-state index contributed by atoms with van der Waals surface area (Å²) >= 11 is 6.08. The first-order valence-corrected chi connectivity index (χ1v) is 12.4. The highest BCUT2D eigenvalue weighted by Crippen LogP contribution is 2.26. The number of carbonyl (C=O) groups is 2. The molecule has 0 aliphatic carbocycles. The maximum Gasteiger partial charge on any atom is 0.264 e. The van der Waals surface area contributed by atoms with Gasteiger partial charge in [-0.3, -0.25) is 13.9 Å². The van der Waals surface area contributed by atoms with Crippen molar-refractivity contribution in [3.63, 3.8) is 0 Å². The summed E-state index contributed by atoms with van der Waals surface area (Å²) in [5, 5.41) is 7.11. The molecule has 0 bridgehead atoms. The maximum atomic E-state index is 13.4. The molecule has 0 aliphatic heterocycles. The lowest BCUT2D eigenvalue weighted by Crippen LogP contribution is -2.39. The number of sulfonamides is 1. The minimum Gasteiger partial charge on any atom is -0.326 e. The maximum absolute atomic E-state index is 13.4. The molecular weight excluding hydrogens is 488 g/mol. The second-order valence-corrected chi connectivity index (χ2v) is 10.1. The van der Waals surface area contributed by atoms with Crippen molar-refractivity contribution in [3.05, 3.63) is 88.9 Å². The quantitative estimate of drug-likeness (QED) is 0.345. The number of carbonyl (C=O) groups excluding carboxylic acids is 2. The van der Waals surface area contributed by atoms with Crippen molar-refractivity contribution >= 4 is 50.5 Å². The highest BCUT2D eigenvalue weighted by Gasteiger charge is 2.27. The lowest BCUT2D eigenvalue weighted by Gasteiger charge is -2.24. The van der Waals surface area contributed by atoms with Crippen LogP contribution in [0.1, 0.15) is 25.0 Å². The van der Waals surface area contributed by atoms with E-state index in [4.69, 9.17) is 11.6 Å². The van der Waals surface area contributed by atoms with Gasteiger partial charge in [0.15, 0.2) is 0 Å². The predicted octanol–water partition coefficient (Wildman–Crippen LogP) is 4.34. The second kappa shape index (κ2) is 11.2. The van der Waals surface area contributed by atoms with Crippen molar-refractivity contribution in [1.82, 2.24) is 5.43 Å². The largest absolute Gasteiger partial charge is 0.326 e. The molecule has 0 spiro atoms. The predicted molar refractivity (Wildman–Crippen MR) is 138 cm³/mol. The van der Waals surface area contributed by atoms with E-state index in [1.807, 2.05) is 6.92 Å². The summed E-state index contributed by atoms with van der Waals surface area (Å²) in [7, 11) is -4.06. The van der Waals surface area contributed by atoms with E-state index in [1.165, 1.54) is 25.1 Å². The Bertz CT molecular complexity index is 1350. The molecule has 0 saturated carbocycles. The molecule has 2 amide bonds. The van der Waals surface area contributed by atoms with Gasteiger partial charge in [-0.1, -0.05) is 47.5 Å². The number of hydrogen-bond acceptors (Lipinski definition) is 5. The van der Waals surface area contributed by atoms with Crippen molar-refractivity contribution < 1.29 is 18.0 Å². The van der Waals surface area contributed by atoms with Gasteiger partial charge in [0.25, 0.3) is 15.9 Å². The van der Waals surface area contributed by atoms with E-state index >= 15 is 0 Å². The van der Waals surface area contributed by atoms with E-state index in [0.717, 1.165) is 15.4 Å². The number of nitrogens with one attached hydrogen (secondary N) is 2. The molecule has 0 unspecified atom stereocenters. The van der Waals surface area contributed by atoms with Gasteiger partial charge >= 0.3 is 0 Å². The number of anilines is 2. The third-order valence-corrected chi connectivity index (χ3v) is 6.99. The van der Waals surface area contributed by atoms with Gasteiger partial charge in [-0.2, -0.15) is 5.10 Å². The van der Waals surface area contributed by atoms with Gasteiger partial charge in [0.1, 0.15) is 6.54 Å². The molecule has 0 heterocycles. The normalized spacial score (nSPS) is 11.6. The summed E-state index contributed by atoms with van der Waals surface area (Å²) in [6, 6.07) is 19.6. The molecule has 0 aromatic heterocycles. The molecule has 8 nitrogen and oxygen atoms in total. The number of rotatable bonds is 8. The van der Waals surface area contributed by atoms with E-state index in [9.17, 15) is 18.0 Å². The molecule has 0 aliphatic rings. The summed E-state index contributed by atoms with van der Waals surface area (Å²) in [6.45, 7) is 4.47. The molecule has 0 saturated heterocycles. The zero-order valence-corrected chi connectivity index (χ0v) is 21.0. The Morgan fingerprint density at radius 2 is 1.63 bits per heavy atom. The summed E-state index contributed by atoms with van der Waals surface area (Å²) in [6.07, 6.45) is 0. The Labute approximate surface area is 209 Å². The van der Waals surface area contributed by atoms with Crippen LogP contribution in [-0.4, -0.2) is 32.5 Å². The van der Waals surface area contributed by atoms with Crippen LogP contribution in [0.2, 0.25) is 5.02 Å². The first-order chi connectivity index (χ1) is 16.6. The number of amides is 2. The van der Waals surface area contributed by atoms with E-state index in [2.05, 4.69) is 15.8 Å². The van der Waals surface area contributed by atoms with Gasteiger partial charge < -0.3 is 5.32 Å². The number of hydrogen-bond donors (Lipinski definition) is 2. The SMILES string of the molecule is CC(=O)Nc1ccc(/C(C)=N\NC(=O)CN(c2cccc(Cl)c2)S(=O)(=O)c2ccc(C)cc2)cc1. The zero-order chi connectivity index (χ0) is 25.6. The van der Waals surface area contributed by atoms with Gasteiger partial charge in [0.05, 0.1) is 16.3 Å². The van der Waals surface area contributed by atoms with Crippen LogP contribution in [0.15, 0.2) is 82.8 Å². The molecule has 3 aromatic carbocycles. The standard InChI is InChI=1S/C25H25ClN4O4S/c1-17-7-13-24(14-8-17)35(33,34)30(23-6-4-5-21(26)15-23)16-25(32)29-28-18(2)20-9-11-22(12-10-20)27-19(3)31/h4-15H,16H2,1-3H3,(H,27,31)(H,29,32)/b28-18-. The van der Waals surface area contributed by atoms with Crippen molar-refractivity contribution in [2.24, 2.45) is 5.10 Å². The van der Waals surface area contributed by atoms with Gasteiger partial charge in [0, 0.05) is 17.6 Å². The highest BCUT2D eigenvalue weighted by atomic mass is 35.5. The van der Waals surface area contributed by atoms with Gasteiger partial charge in [-0.05, 0) is 61.9 Å². The van der Waals surface area contributed by atoms with Gasteiger partial charge in [0.2, 0.25) is 5.91 Å². The minimum atomic E-state index is -4.06. The fourth-order valence-electron chi connectivity index (χ4n) is 3.16.